The predicted molar refractivity (Wildman–Crippen MR) is 93.2 cm³/mol. The SMILES string of the molecule is CCSc1nc(N2CCc3cc(F)ccc3C2)cc(C)c1[N+](=O)[O-]. The van der Waals surface area contributed by atoms with Crippen molar-refractivity contribution in [1.82, 2.24) is 4.98 Å². The number of thioether (sulfide) groups is 1. The summed E-state index contributed by atoms with van der Waals surface area (Å²) in [5.41, 5.74) is 2.80. The maximum atomic E-state index is 13.3. The highest BCUT2D eigenvalue weighted by Gasteiger charge is 2.24. The molecule has 0 unspecified atom stereocenters. The van der Waals surface area contributed by atoms with Gasteiger partial charge in [-0.3, -0.25) is 10.1 Å². The van der Waals surface area contributed by atoms with Crippen molar-refractivity contribution in [2.45, 2.75) is 31.8 Å². The molecule has 0 aliphatic carbocycles. The number of anilines is 1. The van der Waals surface area contributed by atoms with Crippen molar-refractivity contribution in [3.63, 3.8) is 0 Å². The molecule has 7 heteroatoms. The number of hydrogen-bond acceptors (Lipinski definition) is 5. The zero-order valence-electron chi connectivity index (χ0n) is 13.6. The highest BCUT2D eigenvalue weighted by atomic mass is 32.2. The van der Waals surface area contributed by atoms with Gasteiger partial charge in [0.25, 0.3) is 0 Å². The van der Waals surface area contributed by atoms with Gasteiger partial charge in [-0.2, -0.15) is 0 Å². The number of rotatable bonds is 4. The molecule has 0 atom stereocenters. The summed E-state index contributed by atoms with van der Waals surface area (Å²) in [7, 11) is 0. The molecule has 1 aromatic carbocycles. The molecule has 1 aromatic heterocycles. The molecule has 0 saturated heterocycles. The molecule has 2 aromatic rings. The summed E-state index contributed by atoms with van der Waals surface area (Å²) < 4.78 is 13.3. The maximum absolute atomic E-state index is 13.3. The molecule has 1 aliphatic heterocycles. The van der Waals surface area contributed by atoms with Crippen LogP contribution in [0, 0.1) is 22.9 Å². The zero-order chi connectivity index (χ0) is 17.3. The Bertz CT molecular complexity index is 798. The fourth-order valence-corrected chi connectivity index (χ4v) is 3.76. The Balaban J connectivity index is 1.95. The van der Waals surface area contributed by atoms with E-state index >= 15 is 0 Å². The zero-order valence-corrected chi connectivity index (χ0v) is 14.4. The van der Waals surface area contributed by atoms with E-state index in [1.807, 2.05) is 6.92 Å². The van der Waals surface area contributed by atoms with Crippen LogP contribution in [0.4, 0.5) is 15.9 Å². The molecule has 0 spiro atoms. The van der Waals surface area contributed by atoms with Crippen LogP contribution in [0.5, 0.6) is 0 Å². The van der Waals surface area contributed by atoms with Gasteiger partial charge in [0.15, 0.2) is 5.03 Å². The number of nitrogens with zero attached hydrogens (tertiary/aromatic N) is 3. The fraction of sp³-hybridized carbons (Fsp3) is 0.353. The maximum Gasteiger partial charge on any atom is 0.304 e. The summed E-state index contributed by atoms with van der Waals surface area (Å²) in [5, 5.41) is 11.8. The van der Waals surface area contributed by atoms with Crippen LogP contribution < -0.4 is 4.90 Å². The average molecular weight is 347 g/mol. The topological polar surface area (TPSA) is 59.3 Å². The number of hydrogen-bond donors (Lipinski definition) is 0. The van der Waals surface area contributed by atoms with E-state index < -0.39 is 0 Å². The molecule has 5 nitrogen and oxygen atoms in total. The van der Waals surface area contributed by atoms with Gasteiger partial charge in [-0.15, -0.1) is 0 Å². The molecule has 0 N–H and O–H groups in total. The van der Waals surface area contributed by atoms with E-state index in [-0.39, 0.29) is 16.4 Å². The van der Waals surface area contributed by atoms with E-state index in [0.717, 1.165) is 35.7 Å². The van der Waals surface area contributed by atoms with E-state index in [0.29, 0.717) is 17.1 Å². The van der Waals surface area contributed by atoms with Crippen molar-refractivity contribution >= 4 is 23.3 Å². The Morgan fingerprint density at radius 3 is 2.88 bits per heavy atom. The van der Waals surface area contributed by atoms with Gasteiger partial charge in [-0.1, -0.05) is 24.8 Å². The second kappa shape index (κ2) is 6.76. The number of nitro groups is 1. The summed E-state index contributed by atoms with van der Waals surface area (Å²) in [6.45, 7) is 5.05. The Kier molecular flexibility index (Phi) is 4.71. The Hall–Kier alpha value is -2.15. The van der Waals surface area contributed by atoms with Crippen LogP contribution in [0.25, 0.3) is 0 Å². The average Bonchev–Trinajstić information content (AvgIpc) is 2.53. The van der Waals surface area contributed by atoms with Gasteiger partial charge in [0.2, 0.25) is 0 Å². The minimum absolute atomic E-state index is 0.0880. The minimum Gasteiger partial charge on any atom is -0.352 e. The summed E-state index contributed by atoms with van der Waals surface area (Å²) >= 11 is 1.38. The molecule has 0 saturated carbocycles. The highest BCUT2D eigenvalue weighted by molar-refractivity contribution is 7.99. The molecular weight excluding hydrogens is 329 g/mol. The van der Waals surface area contributed by atoms with E-state index in [9.17, 15) is 14.5 Å². The summed E-state index contributed by atoms with van der Waals surface area (Å²) in [6, 6.07) is 6.62. The van der Waals surface area contributed by atoms with Crippen molar-refractivity contribution in [3.8, 4) is 0 Å². The third kappa shape index (κ3) is 3.21. The van der Waals surface area contributed by atoms with Crippen molar-refractivity contribution in [3.05, 3.63) is 56.9 Å². The van der Waals surface area contributed by atoms with Gasteiger partial charge in [0, 0.05) is 18.7 Å². The van der Waals surface area contributed by atoms with Gasteiger partial charge >= 0.3 is 5.69 Å². The third-order valence-electron chi connectivity index (χ3n) is 4.11. The lowest BCUT2D eigenvalue weighted by Crippen LogP contribution is -2.31. The molecule has 2 heterocycles. The van der Waals surface area contributed by atoms with Crippen molar-refractivity contribution in [2.24, 2.45) is 0 Å². The summed E-state index contributed by atoms with van der Waals surface area (Å²) in [4.78, 5) is 17.6. The Morgan fingerprint density at radius 2 is 2.17 bits per heavy atom. The van der Waals surface area contributed by atoms with Gasteiger partial charge in [0.05, 0.1) is 4.92 Å². The third-order valence-corrected chi connectivity index (χ3v) is 4.95. The fourth-order valence-electron chi connectivity index (χ4n) is 2.96. The highest BCUT2D eigenvalue weighted by Crippen LogP contribution is 2.34. The van der Waals surface area contributed by atoms with E-state index in [1.54, 1.807) is 25.1 Å². The Labute approximate surface area is 144 Å². The lowest BCUT2D eigenvalue weighted by Gasteiger charge is -2.30. The monoisotopic (exact) mass is 347 g/mol. The molecule has 0 amide bonds. The molecule has 0 bridgehead atoms. The van der Waals surface area contributed by atoms with Gasteiger partial charge < -0.3 is 4.90 Å². The van der Waals surface area contributed by atoms with Crippen LogP contribution >= 0.6 is 11.8 Å². The number of aromatic nitrogens is 1. The smallest absolute Gasteiger partial charge is 0.304 e. The standard InChI is InChI=1S/C17H18FN3O2S/c1-3-24-17-16(21(22)23)11(2)8-15(19-17)20-7-6-12-9-14(18)5-4-13(12)10-20/h4-5,8-9H,3,6-7,10H2,1-2H3. The van der Waals surface area contributed by atoms with Crippen LogP contribution in [-0.4, -0.2) is 22.2 Å². The molecule has 0 fully saturated rings. The number of halogens is 1. The largest absolute Gasteiger partial charge is 0.352 e. The van der Waals surface area contributed by atoms with Crippen LogP contribution in [0.3, 0.4) is 0 Å². The second-order valence-electron chi connectivity index (χ2n) is 5.73. The second-order valence-corrected chi connectivity index (χ2v) is 6.98. The lowest BCUT2D eigenvalue weighted by atomic mass is 9.99. The number of fused-ring (bicyclic) bond motifs is 1. The van der Waals surface area contributed by atoms with Gasteiger partial charge in [-0.05, 0) is 48.4 Å². The molecule has 126 valence electrons. The van der Waals surface area contributed by atoms with Crippen molar-refractivity contribution < 1.29 is 9.31 Å². The van der Waals surface area contributed by atoms with Crippen LogP contribution in [0.2, 0.25) is 0 Å². The first-order valence-corrected chi connectivity index (χ1v) is 8.79. The molecule has 3 rings (SSSR count). The first-order chi connectivity index (χ1) is 11.5. The Morgan fingerprint density at radius 1 is 1.38 bits per heavy atom. The molecule has 24 heavy (non-hydrogen) atoms. The lowest BCUT2D eigenvalue weighted by molar-refractivity contribution is -0.388. The van der Waals surface area contributed by atoms with Gasteiger partial charge in [0.1, 0.15) is 11.6 Å². The molecule has 1 aliphatic rings. The number of benzene rings is 1. The minimum atomic E-state index is -0.363. The molecule has 0 radical (unpaired) electrons. The van der Waals surface area contributed by atoms with E-state index in [1.165, 1.54) is 17.8 Å². The summed E-state index contributed by atoms with van der Waals surface area (Å²) in [5.74, 6) is 1.25. The quantitative estimate of drug-likeness (QED) is 0.473. The predicted octanol–water partition coefficient (Wildman–Crippen LogP) is 4.11. The molecular formula is C17H18FN3O2S. The number of aryl methyl sites for hydroxylation is 1. The summed E-state index contributed by atoms with van der Waals surface area (Å²) in [6.07, 6.45) is 0.737. The first kappa shape index (κ1) is 16.7. The van der Waals surface area contributed by atoms with Crippen LogP contribution in [0.15, 0.2) is 29.3 Å². The van der Waals surface area contributed by atoms with Crippen LogP contribution in [-0.2, 0) is 13.0 Å². The normalized spacial score (nSPS) is 13.7. The van der Waals surface area contributed by atoms with E-state index in [2.05, 4.69) is 9.88 Å². The van der Waals surface area contributed by atoms with Crippen molar-refractivity contribution in [1.29, 1.82) is 0 Å². The van der Waals surface area contributed by atoms with Crippen LogP contribution in [0.1, 0.15) is 23.6 Å². The van der Waals surface area contributed by atoms with E-state index in [4.69, 9.17) is 0 Å². The number of pyridine rings is 1. The van der Waals surface area contributed by atoms with Crippen molar-refractivity contribution in [2.75, 3.05) is 17.2 Å². The first-order valence-electron chi connectivity index (χ1n) is 7.80. The van der Waals surface area contributed by atoms with Gasteiger partial charge in [-0.25, -0.2) is 9.37 Å².